The number of benzene rings is 2. The number of methoxy groups -OCH3 is 1. The standard InChI is InChI=1S/C39H39Cl2N7O6/c1-22(36(50)42-2)46(3)19-25-18-43-32-17-23(15-16-48(32)38(25)51)27-7-5-8-28(34(27)40)29-9-6-10-30(35(29)41)31-13-11-24(37(45-31)54-4)20-47(39(52)53)21-26-12-14-33(49)44-26/h5-11,13,15-18,22,26H,12,14,19-21H2,1-4H3,(H,42,50)(H,44,49)(H,52,53). The Morgan fingerprint density at radius 1 is 1.02 bits per heavy atom. The van der Waals surface area contributed by atoms with E-state index in [0.717, 1.165) is 5.56 Å². The number of carbonyl (C=O) groups is 3. The molecule has 0 bridgehead atoms. The molecule has 2 unspecified atom stereocenters. The van der Waals surface area contributed by atoms with Gasteiger partial charge < -0.3 is 25.4 Å². The van der Waals surface area contributed by atoms with Gasteiger partial charge >= 0.3 is 6.09 Å². The highest BCUT2D eigenvalue weighted by molar-refractivity contribution is 6.39. The predicted molar refractivity (Wildman–Crippen MR) is 207 cm³/mol. The van der Waals surface area contributed by atoms with E-state index in [1.54, 1.807) is 56.4 Å². The smallest absolute Gasteiger partial charge is 0.407 e. The maximum Gasteiger partial charge on any atom is 0.407 e. The molecule has 3 amide bonds. The molecular weight excluding hydrogens is 733 g/mol. The lowest BCUT2D eigenvalue weighted by molar-refractivity contribution is -0.125. The van der Waals surface area contributed by atoms with Gasteiger partial charge in [-0.25, -0.2) is 14.8 Å². The van der Waals surface area contributed by atoms with Crippen LogP contribution in [0.1, 0.15) is 30.9 Å². The maximum atomic E-state index is 13.4. The highest BCUT2D eigenvalue weighted by atomic mass is 35.5. The van der Waals surface area contributed by atoms with Crippen LogP contribution in [0.15, 0.2) is 77.9 Å². The molecule has 15 heteroatoms. The maximum absolute atomic E-state index is 13.4. The van der Waals surface area contributed by atoms with Crippen LogP contribution in [0.4, 0.5) is 4.79 Å². The van der Waals surface area contributed by atoms with Gasteiger partial charge in [-0.3, -0.25) is 23.7 Å². The zero-order chi connectivity index (χ0) is 38.7. The summed E-state index contributed by atoms with van der Waals surface area (Å²) in [5, 5.41) is 16.1. The van der Waals surface area contributed by atoms with Gasteiger partial charge in [-0.15, -0.1) is 0 Å². The molecule has 0 spiro atoms. The molecule has 6 rings (SSSR count). The van der Waals surface area contributed by atoms with Crippen molar-refractivity contribution in [1.82, 2.24) is 34.8 Å². The number of hydrogen-bond donors (Lipinski definition) is 3. The number of fused-ring (bicyclic) bond motifs is 1. The summed E-state index contributed by atoms with van der Waals surface area (Å²) in [6.45, 7) is 2.18. The number of ether oxygens (including phenoxy) is 1. The first-order valence-corrected chi connectivity index (χ1v) is 18.0. The Hall–Kier alpha value is -5.50. The summed E-state index contributed by atoms with van der Waals surface area (Å²) in [6.07, 6.45) is 3.02. The molecule has 2 aromatic carbocycles. The first kappa shape index (κ1) is 38.2. The number of carboxylic acid groups (broad SMARTS) is 1. The average Bonchev–Trinajstić information content (AvgIpc) is 3.59. The molecule has 280 valence electrons. The number of amides is 3. The number of carbonyl (C=O) groups excluding carboxylic acids is 2. The molecule has 2 atom stereocenters. The Balaban J connectivity index is 1.27. The summed E-state index contributed by atoms with van der Waals surface area (Å²) in [6, 6.07) is 17.6. The van der Waals surface area contributed by atoms with E-state index in [2.05, 4.69) is 15.6 Å². The lowest BCUT2D eigenvalue weighted by Crippen LogP contribution is -2.42. The van der Waals surface area contributed by atoms with E-state index in [1.807, 2.05) is 36.4 Å². The average molecular weight is 773 g/mol. The number of pyridine rings is 2. The van der Waals surface area contributed by atoms with Crippen molar-refractivity contribution in [3.63, 3.8) is 0 Å². The molecule has 1 saturated heterocycles. The van der Waals surface area contributed by atoms with Crippen LogP contribution in [-0.2, 0) is 22.7 Å². The summed E-state index contributed by atoms with van der Waals surface area (Å²) in [5.74, 6) is 0.0115. The Bertz CT molecular complexity index is 2320. The van der Waals surface area contributed by atoms with Crippen LogP contribution in [0.25, 0.3) is 39.2 Å². The van der Waals surface area contributed by atoms with Gasteiger partial charge in [-0.2, -0.15) is 0 Å². The van der Waals surface area contributed by atoms with Gasteiger partial charge in [0.1, 0.15) is 5.65 Å². The Kier molecular flexibility index (Phi) is 11.5. The van der Waals surface area contributed by atoms with E-state index in [4.69, 9.17) is 32.9 Å². The van der Waals surface area contributed by atoms with Gasteiger partial charge in [-0.1, -0.05) is 59.6 Å². The number of rotatable bonds is 12. The number of likely N-dealkylation sites (N-methyl/N-ethyl adjacent to an activating group) is 2. The van der Waals surface area contributed by atoms with Crippen LogP contribution in [0.2, 0.25) is 10.0 Å². The molecule has 1 fully saturated rings. The molecule has 1 aliphatic heterocycles. The molecule has 13 nitrogen and oxygen atoms in total. The summed E-state index contributed by atoms with van der Waals surface area (Å²) >= 11 is 14.2. The van der Waals surface area contributed by atoms with Crippen LogP contribution in [0.5, 0.6) is 5.88 Å². The number of halogens is 2. The second kappa shape index (κ2) is 16.3. The number of hydrogen-bond acceptors (Lipinski definition) is 8. The van der Waals surface area contributed by atoms with Crippen molar-refractivity contribution in [3.8, 4) is 39.4 Å². The fraction of sp³-hybridized carbons (Fsp3) is 0.282. The van der Waals surface area contributed by atoms with Crippen molar-refractivity contribution in [1.29, 1.82) is 0 Å². The predicted octanol–water partition coefficient (Wildman–Crippen LogP) is 5.73. The minimum absolute atomic E-state index is 0.0180. The Morgan fingerprint density at radius 3 is 2.35 bits per heavy atom. The van der Waals surface area contributed by atoms with E-state index in [0.29, 0.717) is 67.6 Å². The Labute approximate surface area is 321 Å². The fourth-order valence-corrected chi connectivity index (χ4v) is 7.18. The monoisotopic (exact) mass is 771 g/mol. The first-order chi connectivity index (χ1) is 25.9. The van der Waals surface area contributed by atoms with Crippen molar-refractivity contribution in [2.24, 2.45) is 0 Å². The van der Waals surface area contributed by atoms with Gasteiger partial charge in [0.05, 0.1) is 41.0 Å². The lowest BCUT2D eigenvalue weighted by Gasteiger charge is -2.23. The van der Waals surface area contributed by atoms with Crippen LogP contribution in [-0.4, -0.2) is 87.0 Å². The largest absolute Gasteiger partial charge is 0.481 e. The summed E-state index contributed by atoms with van der Waals surface area (Å²) in [4.78, 5) is 61.4. The second-order valence-corrected chi connectivity index (χ2v) is 13.9. The number of nitrogens with zero attached hydrogens (tertiary/aromatic N) is 5. The van der Waals surface area contributed by atoms with Crippen molar-refractivity contribution >= 4 is 46.8 Å². The van der Waals surface area contributed by atoms with Gasteiger partial charge in [-0.05, 0) is 50.2 Å². The molecular formula is C39H39Cl2N7O6. The van der Waals surface area contributed by atoms with Crippen molar-refractivity contribution in [2.75, 3.05) is 27.7 Å². The lowest BCUT2D eigenvalue weighted by atomic mass is 9.97. The van der Waals surface area contributed by atoms with Gasteiger partial charge in [0.2, 0.25) is 17.7 Å². The molecule has 3 N–H and O–H groups in total. The molecule has 4 heterocycles. The summed E-state index contributed by atoms with van der Waals surface area (Å²) in [5.41, 5.74) is 5.13. The minimum Gasteiger partial charge on any atom is -0.481 e. The molecule has 3 aromatic heterocycles. The highest BCUT2D eigenvalue weighted by Crippen LogP contribution is 2.42. The minimum atomic E-state index is -1.12. The van der Waals surface area contributed by atoms with E-state index in [-0.39, 0.29) is 48.9 Å². The van der Waals surface area contributed by atoms with Crippen LogP contribution >= 0.6 is 23.2 Å². The molecule has 5 aromatic rings. The molecule has 0 radical (unpaired) electrons. The normalized spacial score (nSPS) is 14.6. The van der Waals surface area contributed by atoms with Crippen LogP contribution in [0.3, 0.4) is 0 Å². The quantitative estimate of drug-likeness (QED) is 0.144. The highest BCUT2D eigenvalue weighted by Gasteiger charge is 2.27. The third kappa shape index (κ3) is 7.88. The van der Waals surface area contributed by atoms with Gasteiger partial charge in [0, 0.05) is 72.8 Å². The number of nitrogens with one attached hydrogen (secondary N) is 2. The molecule has 54 heavy (non-hydrogen) atoms. The molecule has 0 saturated carbocycles. The topological polar surface area (TPSA) is 158 Å². The fourth-order valence-electron chi connectivity index (χ4n) is 6.52. The van der Waals surface area contributed by atoms with Crippen LogP contribution < -0.4 is 20.9 Å². The van der Waals surface area contributed by atoms with E-state index < -0.39 is 12.1 Å². The van der Waals surface area contributed by atoms with Gasteiger partial charge in [0.25, 0.3) is 5.56 Å². The summed E-state index contributed by atoms with van der Waals surface area (Å²) < 4.78 is 7.06. The molecule has 0 aliphatic carbocycles. The zero-order valence-corrected chi connectivity index (χ0v) is 31.6. The third-order valence-electron chi connectivity index (χ3n) is 9.65. The van der Waals surface area contributed by atoms with E-state index in [9.17, 15) is 24.3 Å². The van der Waals surface area contributed by atoms with E-state index >= 15 is 0 Å². The molecule has 1 aliphatic rings. The second-order valence-electron chi connectivity index (χ2n) is 13.1. The number of aromatic nitrogens is 3. The van der Waals surface area contributed by atoms with Crippen LogP contribution in [0, 0.1) is 0 Å². The van der Waals surface area contributed by atoms with Gasteiger partial charge in [0.15, 0.2) is 0 Å². The SMILES string of the molecule is CNC(=O)C(C)N(C)Cc1cnc2cc(-c3cccc(-c4cccc(-c5ccc(CN(CC6CCC(=O)N6)C(=O)O)c(OC)n5)c4Cl)c3Cl)ccn2c1=O. The zero-order valence-electron chi connectivity index (χ0n) is 30.1. The van der Waals surface area contributed by atoms with E-state index in [1.165, 1.54) is 22.6 Å². The third-order valence-corrected chi connectivity index (χ3v) is 10.5. The van der Waals surface area contributed by atoms with Crippen molar-refractivity contribution < 1.29 is 24.2 Å². The van der Waals surface area contributed by atoms with Crippen molar-refractivity contribution in [3.05, 3.63) is 105 Å². The first-order valence-electron chi connectivity index (χ1n) is 17.2. The Morgan fingerprint density at radius 2 is 1.70 bits per heavy atom. The summed E-state index contributed by atoms with van der Waals surface area (Å²) in [7, 11) is 4.81. The van der Waals surface area contributed by atoms with Crippen molar-refractivity contribution in [2.45, 2.75) is 44.9 Å².